The molecule has 0 bridgehead atoms. The van der Waals surface area contributed by atoms with Gasteiger partial charge in [0.2, 0.25) is 11.8 Å². The Hall–Kier alpha value is -2.77. The van der Waals surface area contributed by atoms with E-state index in [9.17, 15) is 14.4 Å². The number of hydrogen-bond acceptors (Lipinski definition) is 5. The second-order valence-corrected chi connectivity index (χ2v) is 9.19. The first-order valence-corrected chi connectivity index (χ1v) is 10.8. The van der Waals surface area contributed by atoms with Crippen molar-refractivity contribution in [2.75, 3.05) is 33.9 Å². The van der Waals surface area contributed by atoms with Gasteiger partial charge in [-0.2, -0.15) is 0 Å². The molecule has 31 heavy (non-hydrogen) atoms. The molecule has 2 fully saturated rings. The summed E-state index contributed by atoms with van der Waals surface area (Å²) in [4.78, 5) is 41.8. The monoisotopic (exact) mass is 431 g/mol. The Morgan fingerprint density at radius 3 is 2.13 bits per heavy atom. The number of nitrogens with zero attached hydrogens (tertiary/aromatic N) is 2. The predicted octanol–water partition coefficient (Wildman–Crippen LogP) is 2.07. The van der Waals surface area contributed by atoms with Crippen LogP contribution in [0.3, 0.4) is 0 Å². The van der Waals surface area contributed by atoms with Crippen molar-refractivity contribution in [2.45, 2.75) is 51.6 Å². The first kappa shape index (κ1) is 22.9. The van der Waals surface area contributed by atoms with Gasteiger partial charge in [0.25, 0.3) is 5.91 Å². The highest BCUT2D eigenvalue weighted by Crippen LogP contribution is 2.30. The number of rotatable bonds is 5. The van der Waals surface area contributed by atoms with Crippen LogP contribution >= 0.6 is 0 Å². The molecule has 3 rings (SSSR count). The van der Waals surface area contributed by atoms with Crippen LogP contribution in [0, 0.1) is 5.92 Å². The standard InChI is InChI=1S/C23H33N3O5/c1-23(2,3)26-14-15(13-19(26)27)22(29)25-11-9-16(10-12-25)24-21(28)20-17(30-4)7-6-8-18(20)31-5/h6-8,15-16H,9-14H2,1-5H3,(H,24,28). The number of methoxy groups -OCH3 is 2. The number of likely N-dealkylation sites (tertiary alicyclic amines) is 2. The van der Waals surface area contributed by atoms with E-state index in [1.165, 1.54) is 14.2 Å². The van der Waals surface area contributed by atoms with Crippen LogP contribution in [0.1, 0.15) is 50.4 Å². The van der Waals surface area contributed by atoms with Gasteiger partial charge < -0.3 is 24.6 Å². The van der Waals surface area contributed by atoms with E-state index in [1.54, 1.807) is 23.1 Å². The van der Waals surface area contributed by atoms with E-state index in [-0.39, 0.29) is 41.6 Å². The Balaban J connectivity index is 1.56. The molecule has 2 aliphatic rings. The first-order valence-electron chi connectivity index (χ1n) is 10.8. The van der Waals surface area contributed by atoms with Crippen molar-refractivity contribution in [3.63, 3.8) is 0 Å². The van der Waals surface area contributed by atoms with Gasteiger partial charge in [0.1, 0.15) is 17.1 Å². The van der Waals surface area contributed by atoms with Crippen molar-refractivity contribution in [3.05, 3.63) is 23.8 Å². The summed E-state index contributed by atoms with van der Waals surface area (Å²) < 4.78 is 10.6. The van der Waals surface area contributed by atoms with Crippen molar-refractivity contribution in [3.8, 4) is 11.5 Å². The molecule has 1 aromatic carbocycles. The Morgan fingerprint density at radius 1 is 1.06 bits per heavy atom. The summed E-state index contributed by atoms with van der Waals surface area (Å²) in [5.41, 5.74) is 0.0981. The van der Waals surface area contributed by atoms with Crippen LogP contribution in [-0.4, -0.2) is 73.0 Å². The number of carbonyl (C=O) groups is 3. The molecule has 0 saturated carbocycles. The molecular formula is C23H33N3O5. The molecule has 1 aromatic rings. The second-order valence-electron chi connectivity index (χ2n) is 9.19. The maximum atomic E-state index is 13.0. The van der Waals surface area contributed by atoms with E-state index >= 15 is 0 Å². The number of benzene rings is 1. The summed E-state index contributed by atoms with van der Waals surface area (Å²) in [5.74, 6) is 0.463. The van der Waals surface area contributed by atoms with Crippen LogP contribution in [0.5, 0.6) is 11.5 Å². The fraction of sp³-hybridized carbons (Fsp3) is 0.609. The SMILES string of the molecule is COc1cccc(OC)c1C(=O)NC1CCN(C(=O)C2CC(=O)N(C(C)(C)C)C2)CC1. The molecule has 0 radical (unpaired) electrons. The molecule has 8 heteroatoms. The Bertz CT molecular complexity index is 818. The molecule has 1 unspecified atom stereocenters. The van der Waals surface area contributed by atoms with Gasteiger partial charge in [0, 0.05) is 37.6 Å². The Morgan fingerprint density at radius 2 is 1.65 bits per heavy atom. The van der Waals surface area contributed by atoms with Gasteiger partial charge in [-0.15, -0.1) is 0 Å². The normalized spacial score (nSPS) is 20.0. The highest BCUT2D eigenvalue weighted by molar-refractivity contribution is 6.00. The maximum absolute atomic E-state index is 13.0. The molecule has 170 valence electrons. The third-order valence-electron chi connectivity index (χ3n) is 6.08. The van der Waals surface area contributed by atoms with Crippen molar-refractivity contribution in [1.29, 1.82) is 0 Å². The second kappa shape index (κ2) is 9.16. The molecule has 0 spiro atoms. The Labute approximate surface area is 183 Å². The molecule has 3 amide bonds. The molecular weight excluding hydrogens is 398 g/mol. The van der Waals surface area contributed by atoms with Crippen LogP contribution < -0.4 is 14.8 Å². The average molecular weight is 432 g/mol. The lowest BCUT2D eigenvalue weighted by atomic mass is 10.0. The average Bonchev–Trinajstić information content (AvgIpc) is 3.15. The lowest BCUT2D eigenvalue weighted by Crippen LogP contribution is -2.49. The number of carbonyl (C=O) groups excluding carboxylic acids is 3. The minimum absolute atomic E-state index is 0.0382. The molecule has 2 saturated heterocycles. The lowest BCUT2D eigenvalue weighted by Gasteiger charge is -2.35. The van der Waals surface area contributed by atoms with E-state index < -0.39 is 0 Å². The summed E-state index contributed by atoms with van der Waals surface area (Å²) in [6, 6.07) is 5.18. The number of nitrogens with one attached hydrogen (secondary N) is 1. The zero-order valence-electron chi connectivity index (χ0n) is 19.1. The maximum Gasteiger partial charge on any atom is 0.259 e. The van der Waals surface area contributed by atoms with E-state index in [1.807, 2.05) is 25.7 Å². The van der Waals surface area contributed by atoms with Crippen LogP contribution in [-0.2, 0) is 9.59 Å². The third kappa shape index (κ3) is 4.94. The summed E-state index contributed by atoms with van der Waals surface area (Å²) in [6.45, 7) is 7.57. The summed E-state index contributed by atoms with van der Waals surface area (Å²) in [6.07, 6.45) is 1.61. The zero-order valence-corrected chi connectivity index (χ0v) is 19.1. The summed E-state index contributed by atoms with van der Waals surface area (Å²) in [7, 11) is 3.04. The van der Waals surface area contributed by atoms with Crippen LogP contribution in [0.4, 0.5) is 0 Å². The van der Waals surface area contributed by atoms with Crippen molar-refractivity contribution >= 4 is 17.7 Å². The lowest BCUT2D eigenvalue weighted by molar-refractivity contribution is -0.136. The fourth-order valence-electron chi connectivity index (χ4n) is 4.36. The summed E-state index contributed by atoms with van der Waals surface area (Å²) >= 11 is 0. The van der Waals surface area contributed by atoms with Gasteiger partial charge >= 0.3 is 0 Å². The topological polar surface area (TPSA) is 88.2 Å². The van der Waals surface area contributed by atoms with Crippen LogP contribution in [0.15, 0.2) is 18.2 Å². The van der Waals surface area contributed by atoms with E-state index in [4.69, 9.17) is 9.47 Å². The number of ether oxygens (including phenoxy) is 2. The minimum Gasteiger partial charge on any atom is -0.496 e. The van der Waals surface area contributed by atoms with Gasteiger partial charge in [-0.25, -0.2) is 0 Å². The molecule has 2 aliphatic heterocycles. The van der Waals surface area contributed by atoms with Gasteiger partial charge in [0.15, 0.2) is 0 Å². The summed E-state index contributed by atoms with van der Waals surface area (Å²) in [5, 5.41) is 3.05. The highest BCUT2D eigenvalue weighted by Gasteiger charge is 2.41. The quantitative estimate of drug-likeness (QED) is 0.771. The first-order chi connectivity index (χ1) is 14.7. The minimum atomic E-state index is -0.282. The van der Waals surface area contributed by atoms with Gasteiger partial charge in [-0.05, 0) is 45.7 Å². The van der Waals surface area contributed by atoms with Gasteiger partial charge in [0.05, 0.1) is 20.1 Å². The molecule has 8 nitrogen and oxygen atoms in total. The van der Waals surface area contributed by atoms with Crippen molar-refractivity contribution < 1.29 is 23.9 Å². The van der Waals surface area contributed by atoms with E-state index in [0.29, 0.717) is 49.5 Å². The number of hydrogen-bond donors (Lipinski definition) is 1. The predicted molar refractivity (Wildman–Crippen MR) is 116 cm³/mol. The van der Waals surface area contributed by atoms with Crippen LogP contribution in [0.25, 0.3) is 0 Å². The number of piperidine rings is 1. The molecule has 0 aromatic heterocycles. The smallest absolute Gasteiger partial charge is 0.259 e. The number of amides is 3. The molecule has 1 atom stereocenters. The largest absolute Gasteiger partial charge is 0.496 e. The molecule has 1 N–H and O–H groups in total. The molecule has 2 heterocycles. The van der Waals surface area contributed by atoms with Crippen molar-refractivity contribution in [2.24, 2.45) is 5.92 Å². The zero-order chi connectivity index (χ0) is 22.8. The Kier molecular flexibility index (Phi) is 6.77. The highest BCUT2D eigenvalue weighted by atomic mass is 16.5. The van der Waals surface area contributed by atoms with E-state index in [2.05, 4.69) is 5.32 Å². The molecule has 0 aliphatic carbocycles. The fourth-order valence-corrected chi connectivity index (χ4v) is 4.36. The van der Waals surface area contributed by atoms with Gasteiger partial charge in [-0.1, -0.05) is 6.07 Å². The van der Waals surface area contributed by atoms with Crippen LogP contribution in [0.2, 0.25) is 0 Å². The van der Waals surface area contributed by atoms with E-state index in [0.717, 1.165) is 0 Å². The van der Waals surface area contributed by atoms with Gasteiger partial charge in [-0.3, -0.25) is 14.4 Å². The third-order valence-corrected chi connectivity index (χ3v) is 6.08. The van der Waals surface area contributed by atoms with Crippen molar-refractivity contribution in [1.82, 2.24) is 15.1 Å².